The van der Waals surface area contributed by atoms with Gasteiger partial charge in [0.2, 0.25) is 5.91 Å². The lowest BCUT2D eigenvalue weighted by Gasteiger charge is -2.24. The third-order valence-corrected chi connectivity index (χ3v) is 5.31. The number of likely N-dealkylation sites (N-methyl/N-ethyl adjacent to an activating group) is 1. The standard InChI is InChI=1S/C23H27F2N3O4/c1-27(15-17-7-3-4-8-18(17)28-11-5-6-12-28)21(29)14-26-22(30)16-9-10-19(32-23(24)25)20(13-16)31-2/h3-4,7-10,13,23H,5-6,11-12,14-15H2,1-2H3,(H,26,30). The van der Waals surface area contributed by atoms with Crippen LogP contribution in [0.5, 0.6) is 11.5 Å². The molecule has 1 N–H and O–H groups in total. The third kappa shape index (κ3) is 5.87. The molecular weight excluding hydrogens is 420 g/mol. The van der Waals surface area contributed by atoms with Gasteiger partial charge in [0, 0.05) is 37.9 Å². The van der Waals surface area contributed by atoms with E-state index in [1.807, 2.05) is 18.2 Å². The molecule has 1 aliphatic rings. The van der Waals surface area contributed by atoms with Gasteiger partial charge in [0.25, 0.3) is 5.91 Å². The fourth-order valence-electron chi connectivity index (χ4n) is 3.65. The number of methoxy groups -OCH3 is 1. The summed E-state index contributed by atoms with van der Waals surface area (Å²) in [6.45, 7) is -0.759. The molecule has 9 heteroatoms. The topological polar surface area (TPSA) is 71.1 Å². The van der Waals surface area contributed by atoms with Crippen molar-refractivity contribution >= 4 is 17.5 Å². The molecule has 0 atom stereocenters. The molecule has 1 heterocycles. The van der Waals surface area contributed by atoms with E-state index < -0.39 is 12.5 Å². The van der Waals surface area contributed by atoms with Crippen LogP contribution in [0.1, 0.15) is 28.8 Å². The first kappa shape index (κ1) is 23.3. The van der Waals surface area contributed by atoms with Crippen LogP contribution in [0.3, 0.4) is 0 Å². The molecule has 3 rings (SSSR count). The first-order valence-corrected chi connectivity index (χ1v) is 10.4. The molecule has 2 aromatic rings. The van der Waals surface area contributed by atoms with Crippen molar-refractivity contribution in [3.8, 4) is 11.5 Å². The Kier molecular flexibility index (Phi) is 7.86. The van der Waals surface area contributed by atoms with Crippen LogP contribution in [0.2, 0.25) is 0 Å². The number of amides is 2. The molecule has 172 valence electrons. The number of carbonyl (C=O) groups is 2. The van der Waals surface area contributed by atoms with E-state index in [1.54, 1.807) is 11.9 Å². The number of rotatable bonds is 9. The summed E-state index contributed by atoms with van der Waals surface area (Å²) >= 11 is 0. The van der Waals surface area contributed by atoms with Gasteiger partial charge in [-0.2, -0.15) is 8.78 Å². The molecule has 0 aliphatic carbocycles. The Morgan fingerprint density at radius 2 is 1.84 bits per heavy atom. The van der Waals surface area contributed by atoms with Crippen LogP contribution in [-0.2, 0) is 11.3 Å². The van der Waals surface area contributed by atoms with Crippen LogP contribution in [0, 0.1) is 0 Å². The fraction of sp³-hybridized carbons (Fsp3) is 0.391. The van der Waals surface area contributed by atoms with E-state index in [1.165, 1.54) is 25.3 Å². The smallest absolute Gasteiger partial charge is 0.387 e. The predicted octanol–water partition coefficient (Wildman–Crippen LogP) is 3.29. The third-order valence-electron chi connectivity index (χ3n) is 5.31. The maximum absolute atomic E-state index is 12.6. The second kappa shape index (κ2) is 10.8. The maximum atomic E-state index is 12.6. The largest absolute Gasteiger partial charge is 0.493 e. The van der Waals surface area contributed by atoms with Gasteiger partial charge in [-0.25, -0.2) is 0 Å². The number of ether oxygens (including phenoxy) is 2. The zero-order valence-corrected chi connectivity index (χ0v) is 18.1. The Hall–Kier alpha value is -3.36. The summed E-state index contributed by atoms with van der Waals surface area (Å²) in [5, 5.41) is 2.56. The number of halogens is 2. The minimum absolute atomic E-state index is 0.0000793. The van der Waals surface area contributed by atoms with Crippen molar-refractivity contribution in [2.75, 3.05) is 38.7 Å². The lowest BCUT2D eigenvalue weighted by Crippen LogP contribution is -2.38. The first-order valence-electron chi connectivity index (χ1n) is 10.4. The number of hydrogen-bond acceptors (Lipinski definition) is 5. The van der Waals surface area contributed by atoms with Crippen molar-refractivity contribution in [3.05, 3.63) is 53.6 Å². The number of nitrogens with zero attached hydrogens (tertiary/aromatic N) is 2. The predicted molar refractivity (Wildman–Crippen MR) is 116 cm³/mol. The highest BCUT2D eigenvalue weighted by Crippen LogP contribution is 2.29. The van der Waals surface area contributed by atoms with E-state index in [-0.39, 0.29) is 29.5 Å². The maximum Gasteiger partial charge on any atom is 0.387 e. The van der Waals surface area contributed by atoms with Crippen molar-refractivity contribution in [1.29, 1.82) is 0 Å². The van der Waals surface area contributed by atoms with Crippen molar-refractivity contribution in [3.63, 3.8) is 0 Å². The molecule has 0 aromatic heterocycles. The van der Waals surface area contributed by atoms with Crippen molar-refractivity contribution < 1.29 is 27.8 Å². The van der Waals surface area contributed by atoms with E-state index >= 15 is 0 Å². The molecule has 0 unspecified atom stereocenters. The summed E-state index contributed by atoms with van der Waals surface area (Å²) in [7, 11) is 2.97. The minimum Gasteiger partial charge on any atom is -0.493 e. The normalized spacial score (nSPS) is 13.2. The molecule has 1 saturated heterocycles. The Bertz CT molecular complexity index is 949. The van der Waals surface area contributed by atoms with Crippen LogP contribution in [0.15, 0.2) is 42.5 Å². The lowest BCUT2D eigenvalue weighted by molar-refractivity contribution is -0.129. The zero-order valence-electron chi connectivity index (χ0n) is 18.1. The molecule has 1 aliphatic heterocycles. The Morgan fingerprint density at radius 3 is 2.53 bits per heavy atom. The Morgan fingerprint density at radius 1 is 1.12 bits per heavy atom. The first-order chi connectivity index (χ1) is 15.4. The monoisotopic (exact) mass is 447 g/mol. The SMILES string of the molecule is COc1cc(C(=O)NCC(=O)N(C)Cc2ccccc2N2CCCC2)ccc1OC(F)F. The molecule has 1 fully saturated rings. The van der Waals surface area contributed by atoms with Crippen LogP contribution >= 0.6 is 0 Å². The Labute approximate surface area is 185 Å². The zero-order chi connectivity index (χ0) is 23.1. The quantitative estimate of drug-likeness (QED) is 0.639. The highest BCUT2D eigenvalue weighted by Gasteiger charge is 2.19. The van der Waals surface area contributed by atoms with Crippen molar-refractivity contribution in [1.82, 2.24) is 10.2 Å². The Balaban J connectivity index is 1.58. The van der Waals surface area contributed by atoms with Crippen molar-refractivity contribution in [2.24, 2.45) is 0 Å². The average Bonchev–Trinajstić information content (AvgIpc) is 3.32. The summed E-state index contributed by atoms with van der Waals surface area (Å²) in [6.07, 6.45) is 2.32. The number of carbonyl (C=O) groups excluding carboxylic acids is 2. The van der Waals surface area contributed by atoms with E-state index in [2.05, 4.69) is 21.0 Å². The van der Waals surface area contributed by atoms with E-state index in [9.17, 15) is 18.4 Å². The molecule has 2 amide bonds. The summed E-state index contributed by atoms with van der Waals surface area (Å²) in [5.74, 6) is -0.947. The second-order valence-electron chi connectivity index (χ2n) is 7.50. The summed E-state index contributed by atoms with van der Waals surface area (Å²) in [4.78, 5) is 28.9. The van der Waals surface area contributed by atoms with Gasteiger partial charge in [-0.3, -0.25) is 9.59 Å². The minimum atomic E-state index is -3.01. The van der Waals surface area contributed by atoms with Crippen LogP contribution in [-0.4, -0.2) is 57.1 Å². The number of alkyl halides is 2. The molecule has 2 aromatic carbocycles. The molecule has 32 heavy (non-hydrogen) atoms. The van der Waals surface area contributed by atoms with E-state index in [0.29, 0.717) is 6.54 Å². The van der Waals surface area contributed by atoms with E-state index in [0.717, 1.165) is 37.2 Å². The number of hydrogen-bond donors (Lipinski definition) is 1. The fourth-order valence-corrected chi connectivity index (χ4v) is 3.65. The molecule has 7 nitrogen and oxygen atoms in total. The summed E-state index contributed by atoms with van der Waals surface area (Å²) in [6, 6.07) is 11.8. The molecule has 0 radical (unpaired) electrons. The highest BCUT2D eigenvalue weighted by molar-refractivity contribution is 5.97. The van der Waals surface area contributed by atoms with E-state index in [4.69, 9.17) is 4.74 Å². The van der Waals surface area contributed by atoms with Crippen LogP contribution in [0.25, 0.3) is 0 Å². The molecule has 0 saturated carbocycles. The molecular formula is C23H27F2N3O4. The lowest BCUT2D eigenvalue weighted by atomic mass is 10.1. The van der Waals surface area contributed by atoms with Crippen molar-refractivity contribution in [2.45, 2.75) is 26.0 Å². The number of nitrogens with one attached hydrogen (secondary N) is 1. The van der Waals surface area contributed by atoms with Gasteiger partial charge in [0.05, 0.1) is 13.7 Å². The number of anilines is 1. The van der Waals surface area contributed by atoms with Gasteiger partial charge < -0.3 is 24.6 Å². The molecule has 0 bridgehead atoms. The number of para-hydroxylation sites is 1. The summed E-state index contributed by atoms with van der Waals surface area (Å²) < 4.78 is 34.2. The van der Waals surface area contributed by atoms with Gasteiger partial charge in [-0.05, 0) is 42.7 Å². The van der Waals surface area contributed by atoms with Gasteiger partial charge in [-0.15, -0.1) is 0 Å². The molecule has 0 spiro atoms. The van der Waals surface area contributed by atoms with Gasteiger partial charge >= 0.3 is 6.61 Å². The second-order valence-corrected chi connectivity index (χ2v) is 7.50. The summed E-state index contributed by atoms with van der Waals surface area (Å²) in [5.41, 5.74) is 2.35. The van der Waals surface area contributed by atoms with Crippen LogP contribution in [0.4, 0.5) is 14.5 Å². The van der Waals surface area contributed by atoms with Gasteiger partial charge in [0.1, 0.15) is 0 Å². The number of benzene rings is 2. The van der Waals surface area contributed by atoms with Gasteiger partial charge in [-0.1, -0.05) is 18.2 Å². The van der Waals surface area contributed by atoms with Crippen LogP contribution < -0.4 is 19.7 Å². The highest BCUT2D eigenvalue weighted by atomic mass is 19.3. The van der Waals surface area contributed by atoms with Gasteiger partial charge in [0.15, 0.2) is 11.5 Å². The average molecular weight is 447 g/mol.